The van der Waals surface area contributed by atoms with E-state index in [4.69, 9.17) is 14.7 Å². The number of amides is 2. The second-order valence-electron chi connectivity index (χ2n) is 2.46. The third kappa shape index (κ3) is 387. The average molecular weight is 401 g/mol. The van der Waals surface area contributed by atoms with Crippen LogP contribution in [-0.2, 0) is 56.6 Å². The van der Waals surface area contributed by atoms with Gasteiger partial charge in [-0.3, -0.25) is 19.2 Å². The molecule has 3 N–H and O–H groups in total. The molecule has 0 aromatic heterocycles. The Balaban J connectivity index is -0.0000000256. The van der Waals surface area contributed by atoms with Crippen LogP contribution in [0.1, 0.15) is 42.0 Å². The SMILES string of the molecule is C.CC.CC(=O)O.CNC(C)=O.CNC(C)=O.COC=O.[Y]. The number of nitrogens with one attached hydrogen (secondary N) is 2. The van der Waals surface area contributed by atoms with E-state index in [9.17, 15) is 9.59 Å². The summed E-state index contributed by atoms with van der Waals surface area (Å²) in [6.07, 6.45) is 0. The number of hydrogen-bond donors (Lipinski definition) is 3. The minimum absolute atomic E-state index is 0. The second-order valence-corrected chi connectivity index (χ2v) is 2.46. The van der Waals surface area contributed by atoms with Gasteiger partial charge < -0.3 is 20.5 Å². The number of rotatable bonds is 1. The molecule has 0 aliphatic heterocycles. The van der Waals surface area contributed by atoms with Gasteiger partial charge in [-0.1, -0.05) is 21.3 Å². The number of carboxylic acid groups (broad SMARTS) is 1. The van der Waals surface area contributed by atoms with Crippen LogP contribution in [0.2, 0.25) is 0 Å². The van der Waals surface area contributed by atoms with Gasteiger partial charge in [0.05, 0.1) is 7.11 Å². The number of aliphatic carboxylic acids is 1. The standard InChI is InChI=1S/2C3H7NO.2C2H4O2.C2H6.CH4.Y/c2*1-3(5)4-2;1-4-2-3;1-2(3)4;1-2;;/h2*1-2H3,(H,4,5);2H,1H3;1H3,(H,3,4);1-2H3;1H4;. The van der Waals surface area contributed by atoms with Crippen molar-refractivity contribution in [1.29, 1.82) is 0 Å². The van der Waals surface area contributed by atoms with Gasteiger partial charge in [0.1, 0.15) is 0 Å². The van der Waals surface area contributed by atoms with Gasteiger partial charge >= 0.3 is 0 Å². The van der Waals surface area contributed by atoms with Gasteiger partial charge in [0.15, 0.2) is 0 Å². The average Bonchev–Trinajstić information content (AvgIpc) is 2.41. The molecule has 0 saturated heterocycles. The van der Waals surface area contributed by atoms with Crippen LogP contribution in [0.4, 0.5) is 0 Å². The van der Waals surface area contributed by atoms with Gasteiger partial charge in [0.25, 0.3) is 12.4 Å². The fourth-order valence-electron chi connectivity index (χ4n) is 0. The minimum atomic E-state index is -0.833. The van der Waals surface area contributed by atoms with E-state index in [1.807, 2.05) is 13.8 Å². The molecule has 9 heteroatoms. The monoisotopic (exact) mass is 401 g/mol. The first kappa shape index (κ1) is 42.9. The van der Waals surface area contributed by atoms with E-state index in [0.717, 1.165) is 6.92 Å². The molecule has 0 bridgehead atoms. The van der Waals surface area contributed by atoms with Gasteiger partial charge in [-0.05, 0) is 0 Å². The summed E-state index contributed by atoms with van der Waals surface area (Å²) in [5.41, 5.74) is 0. The van der Waals surface area contributed by atoms with E-state index in [1.54, 1.807) is 14.1 Å². The van der Waals surface area contributed by atoms with Crippen LogP contribution in [0.3, 0.4) is 0 Å². The quantitative estimate of drug-likeness (QED) is 0.565. The molecule has 0 unspecified atom stereocenters. The summed E-state index contributed by atoms with van der Waals surface area (Å²) in [5, 5.41) is 12.2. The third-order valence-corrected chi connectivity index (χ3v) is 0.800. The zero-order valence-electron chi connectivity index (χ0n) is 14.1. The molecule has 0 aromatic rings. The first-order valence-corrected chi connectivity index (χ1v) is 5.72. The first-order chi connectivity index (χ1) is 9.19. The molecule has 22 heavy (non-hydrogen) atoms. The molecule has 0 fully saturated rings. The Kier molecular flexibility index (Phi) is 97.7. The van der Waals surface area contributed by atoms with Crippen LogP contribution < -0.4 is 10.6 Å². The van der Waals surface area contributed by atoms with E-state index in [1.165, 1.54) is 21.0 Å². The summed E-state index contributed by atoms with van der Waals surface area (Å²) in [6.45, 7) is 8.40. The molecule has 0 aliphatic rings. The Morgan fingerprint density at radius 2 is 1.05 bits per heavy atom. The zero-order chi connectivity index (χ0) is 17.6. The van der Waals surface area contributed by atoms with E-state index in [2.05, 4.69) is 15.4 Å². The van der Waals surface area contributed by atoms with Crippen LogP contribution >= 0.6 is 0 Å². The van der Waals surface area contributed by atoms with E-state index in [-0.39, 0.29) is 52.0 Å². The molecular formula is C13H32N2O6Y. The number of carbonyl (C=O) groups is 4. The molecule has 0 saturated carbocycles. The van der Waals surface area contributed by atoms with Gasteiger partial charge in [-0.15, -0.1) is 0 Å². The van der Waals surface area contributed by atoms with E-state index in [0.29, 0.717) is 6.47 Å². The predicted molar refractivity (Wildman–Crippen MR) is 83.9 cm³/mol. The van der Waals surface area contributed by atoms with Crippen LogP contribution in [0.15, 0.2) is 0 Å². The molecule has 0 aromatic carbocycles. The molecule has 133 valence electrons. The van der Waals surface area contributed by atoms with Crippen molar-refractivity contribution in [2.45, 2.75) is 42.0 Å². The van der Waals surface area contributed by atoms with E-state index >= 15 is 0 Å². The molecule has 0 atom stereocenters. The van der Waals surface area contributed by atoms with Crippen molar-refractivity contribution in [3.05, 3.63) is 0 Å². The van der Waals surface area contributed by atoms with Crippen LogP contribution in [0.25, 0.3) is 0 Å². The van der Waals surface area contributed by atoms with Crippen molar-refractivity contribution >= 4 is 24.3 Å². The number of carbonyl (C=O) groups excluding carboxylic acids is 3. The molecule has 0 aliphatic carbocycles. The molecule has 8 nitrogen and oxygen atoms in total. The van der Waals surface area contributed by atoms with Gasteiger partial charge in [-0.25, -0.2) is 0 Å². The summed E-state index contributed by atoms with van der Waals surface area (Å²) < 4.78 is 3.86. The van der Waals surface area contributed by atoms with Crippen LogP contribution in [0.5, 0.6) is 0 Å². The Morgan fingerprint density at radius 3 is 1.05 bits per heavy atom. The van der Waals surface area contributed by atoms with Crippen molar-refractivity contribution in [3.8, 4) is 0 Å². The van der Waals surface area contributed by atoms with Crippen LogP contribution in [-0.4, -0.2) is 50.6 Å². The summed E-state index contributed by atoms with van der Waals surface area (Å²) in [4.78, 5) is 37.4. The molecule has 0 rings (SSSR count). The summed E-state index contributed by atoms with van der Waals surface area (Å²) >= 11 is 0. The Bertz CT molecular complexity index is 221. The van der Waals surface area contributed by atoms with Gasteiger partial charge in [0.2, 0.25) is 11.8 Å². The summed E-state index contributed by atoms with van der Waals surface area (Å²) in [7, 11) is 4.51. The molecule has 0 heterocycles. The fourth-order valence-corrected chi connectivity index (χ4v) is 0. The number of methoxy groups -OCH3 is 1. The van der Waals surface area contributed by atoms with Gasteiger partial charge in [0, 0.05) is 67.6 Å². The summed E-state index contributed by atoms with van der Waals surface area (Å²) in [5.74, 6) is -0.824. The maximum absolute atomic E-state index is 9.70. The molecule has 2 amide bonds. The fraction of sp³-hybridized carbons (Fsp3) is 0.692. The molecule has 1 radical (unpaired) electrons. The largest absolute Gasteiger partial charge is 0.481 e. The molecular weight excluding hydrogens is 369 g/mol. The van der Waals surface area contributed by atoms with Crippen molar-refractivity contribution in [1.82, 2.24) is 10.6 Å². The number of carboxylic acids is 1. The first-order valence-electron chi connectivity index (χ1n) is 5.72. The van der Waals surface area contributed by atoms with Crippen molar-refractivity contribution in [2.75, 3.05) is 21.2 Å². The smallest absolute Gasteiger partial charge is 0.300 e. The Morgan fingerprint density at radius 1 is 0.955 bits per heavy atom. The summed E-state index contributed by atoms with van der Waals surface area (Å²) in [6, 6.07) is 0. The Hall–Kier alpha value is -1.02. The number of ether oxygens (including phenoxy) is 1. The predicted octanol–water partition coefficient (Wildman–Crippen LogP) is 1.04. The van der Waals surface area contributed by atoms with Crippen molar-refractivity contribution in [2.24, 2.45) is 0 Å². The van der Waals surface area contributed by atoms with Crippen molar-refractivity contribution < 1.29 is 61.7 Å². The van der Waals surface area contributed by atoms with Crippen LogP contribution in [0, 0.1) is 0 Å². The number of hydrogen-bond acceptors (Lipinski definition) is 5. The zero-order valence-corrected chi connectivity index (χ0v) is 17.0. The van der Waals surface area contributed by atoms with E-state index < -0.39 is 5.97 Å². The Labute approximate surface area is 159 Å². The topological polar surface area (TPSA) is 122 Å². The third-order valence-electron chi connectivity index (χ3n) is 0.800. The van der Waals surface area contributed by atoms with Crippen molar-refractivity contribution in [3.63, 3.8) is 0 Å². The molecule has 0 spiro atoms. The maximum atomic E-state index is 9.70. The minimum Gasteiger partial charge on any atom is -0.481 e. The maximum Gasteiger partial charge on any atom is 0.300 e. The van der Waals surface area contributed by atoms with Gasteiger partial charge in [-0.2, -0.15) is 0 Å². The second kappa shape index (κ2) is 50.1. The normalized spacial score (nSPS) is 5.45.